The van der Waals surface area contributed by atoms with Gasteiger partial charge in [-0.05, 0) is 63.4 Å². The summed E-state index contributed by atoms with van der Waals surface area (Å²) in [6, 6.07) is 11.4. The molecule has 0 spiro atoms. The Kier molecular flexibility index (Phi) is 11.1. The van der Waals surface area contributed by atoms with Gasteiger partial charge in [-0.1, -0.05) is 48.3 Å². The highest BCUT2D eigenvalue weighted by molar-refractivity contribution is 7.92. The molecule has 2 amide bonds. The van der Waals surface area contributed by atoms with Crippen molar-refractivity contribution < 1.29 is 18.0 Å². The lowest BCUT2D eigenvalue weighted by Gasteiger charge is -2.30. The van der Waals surface area contributed by atoms with Crippen molar-refractivity contribution in [3.8, 4) is 0 Å². The van der Waals surface area contributed by atoms with E-state index in [1.54, 1.807) is 43.3 Å². The van der Waals surface area contributed by atoms with Gasteiger partial charge in [0.05, 0.1) is 11.9 Å². The van der Waals surface area contributed by atoms with Gasteiger partial charge in [0, 0.05) is 41.2 Å². The molecule has 0 unspecified atom stereocenters. The number of carbonyl (C=O) groups excluding carboxylic acids is 2. The van der Waals surface area contributed by atoms with Crippen LogP contribution in [0.4, 0.5) is 5.69 Å². The molecular formula is C26H35Cl2N3O4S. The summed E-state index contributed by atoms with van der Waals surface area (Å²) in [7, 11) is -3.55. The molecule has 0 aliphatic heterocycles. The van der Waals surface area contributed by atoms with Gasteiger partial charge in [-0.15, -0.1) is 0 Å². The van der Waals surface area contributed by atoms with Gasteiger partial charge in [0.1, 0.15) is 6.04 Å². The number of nitrogens with zero attached hydrogens (tertiary/aromatic N) is 2. The predicted molar refractivity (Wildman–Crippen MR) is 147 cm³/mol. The lowest BCUT2D eigenvalue weighted by molar-refractivity contribution is -0.140. The van der Waals surface area contributed by atoms with E-state index >= 15 is 0 Å². The summed E-state index contributed by atoms with van der Waals surface area (Å²) in [5.41, 5.74) is 2.03. The SMILES string of the molecule is CC[C@H](C)NC(=O)[C@H](C)N(Cc1c(Cl)cccc1Cl)C(=O)CCCN(c1cccc(C)c1)S(C)(=O)=O. The van der Waals surface area contributed by atoms with Gasteiger partial charge in [0.15, 0.2) is 0 Å². The van der Waals surface area contributed by atoms with E-state index in [1.807, 2.05) is 26.8 Å². The molecule has 0 fully saturated rings. The van der Waals surface area contributed by atoms with Gasteiger partial charge < -0.3 is 10.2 Å². The van der Waals surface area contributed by atoms with E-state index in [0.717, 1.165) is 18.2 Å². The Balaban J connectivity index is 2.23. The average Bonchev–Trinajstić information content (AvgIpc) is 2.80. The maximum Gasteiger partial charge on any atom is 0.242 e. The fourth-order valence-electron chi connectivity index (χ4n) is 3.69. The van der Waals surface area contributed by atoms with Gasteiger partial charge >= 0.3 is 0 Å². The van der Waals surface area contributed by atoms with Crippen LogP contribution < -0.4 is 9.62 Å². The molecule has 36 heavy (non-hydrogen) atoms. The number of nitrogens with one attached hydrogen (secondary N) is 1. The summed E-state index contributed by atoms with van der Waals surface area (Å²) in [4.78, 5) is 27.7. The number of benzene rings is 2. The summed E-state index contributed by atoms with van der Waals surface area (Å²) >= 11 is 12.7. The Morgan fingerprint density at radius 2 is 1.67 bits per heavy atom. The number of sulfonamides is 1. The van der Waals surface area contributed by atoms with Crippen molar-refractivity contribution in [1.29, 1.82) is 0 Å². The van der Waals surface area contributed by atoms with Gasteiger partial charge in [-0.25, -0.2) is 8.42 Å². The second-order valence-electron chi connectivity index (χ2n) is 8.99. The topological polar surface area (TPSA) is 86.8 Å². The van der Waals surface area contributed by atoms with Crippen molar-refractivity contribution in [1.82, 2.24) is 10.2 Å². The number of carbonyl (C=O) groups is 2. The first-order chi connectivity index (χ1) is 16.8. The van der Waals surface area contributed by atoms with E-state index in [-0.39, 0.29) is 43.8 Å². The smallest absolute Gasteiger partial charge is 0.242 e. The zero-order chi connectivity index (χ0) is 27.0. The molecule has 0 saturated carbocycles. The van der Waals surface area contributed by atoms with Crippen LogP contribution in [0.25, 0.3) is 0 Å². The van der Waals surface area contributed by atoms with Crippen LogP contribution in [0.15, 0.2) is 42.5 Å². The number of amides is 2. The van der Waals surface area contributed by atoms with Crippen molar-refractivity contribution in [2.75, 3.05) is 17.1 Å². The van der Waals surface area contributed by atoms with Crippen LogP contribution in [0.1, 0.15) is 51.2 Å². The molecular weight excluding hydrogens is 521 g/mol. The van der Waals surface area contributed by atoms with Crippen LogP contribution in [0.3, 0.4) is 0 Å². The second kappa shape index (κ2) is 13.3. The second-order valence-corrected chi connectivity index (χ2v) is 11.7. The summed E-state index contributed by atoms with van der Waals surface area (Å²) in [6.45, 7) is 7.59. The lowest BCUT2D eigenvalue weighted by Crippen LogP contribution is -2.49. The number of hydrogen-bond acceptors (Lipinski definition) is 4. The standard InChI is InChI=1S/C26H35Cl2N3O4S/c1-6-19(3)29-26(33)20(4)30(17-22-23(27)12-8-13-24(22)28)25(32)14-9-15-31(36(5,34)35)21-11-7-10-18(2)16-21/h7-8,10-13,16,19-20H,6,9,14-15,17H2,1-5H3,(H,29,33)/t19-,20-/m0/s1. The van der Waals surface area contributed by atoms with Crippen LogP contribution in [0.2, 0.25) is 10.0 Å². The normalized spacial score (nSPS) is 13.1. The zero-order valence-electron chi connectivity index (χ0n) is 21.4. The molecule has 0 aliphatic rings. The van der Waals surface area contributed by atoms with Crippen LogP contribution in [0.5, 0.6) is 0 Å². The van der Waals surface area contributed by atoms with Crippen LogP contribution >= 0.6 is 23.2 Å². The maximum atomic E-state index is 13.4. The van der Waals surface area contributed by atoms with E-state index in [2.05, 4.69) is 5.32 Å². The minimum absolute atomic E-state index is 0.0425. The van der Waals surface area contributed by atoms with Gasteiger partial charge in [0.2, 0.25) is 21.8 Å². The quantitative estimate of drug-likeness (QED) is 0.391. The lowest BCUT2D eigenvalue weighted by atomic mass is 10.1. The number of aryl methyl sites for hydroxylation is 1. The van der Waals surface area contributed by atoms with Gasteiger partial charge in [-0.2, -0.15) is 0 Å². The van der Waals surface area contributed by atoms with Crippen molar-refractivity contribution in [2.24, 2.45) is 0 Å². The monoisotopic (exact) mass is 555 g/mol. The van der Waals surface area contributed by atoms with Gasteiger partial charge in [-0.3, -0.25) is 13.9 Å². The van der Waals surface area contributed by atoms with Crippen molar-refractivity contribution in [3.63, 3.8) is 0 Å². The zero-order valence-corrected chi connectivity index (χ0v) is 23.8. The van der Waals surface area contributed by atoms with Crippen LogP contribution in [-0.4, -0.2) is 50.0 Å². The Morgan fingerprint density at radius 3 is 2.22 bits per heavy atom. The number of halogens is 2. The third-order valence-electron chi connectivity index (χ3n) is 6.00. The van der Waals surface area contributed by atoms with Crippen LogP contribution in [0, 0.1) is 6.92 Å². The number of hydrogen-bond donors (Lipinski definition) is 1. The highest BCUT2D eigenvalue weighted by Crippen LogP contribution is 2.27. The first kappa shape index (κ1) is 29.9. The number of rotatable bonds is 12. The fraction of sp³-hybridized carbons (Fsp3) is 0.462. The molecule has 0 aliphatic carbocycles. The summed E-state index contributed by atoms with van der Waals surface area (Å²) in [5.74, 6) is -0.575. The molecule has 0 bridgehead atoms. The number of anilines is 1. The minimum Gasteiger partial charge on any atom is -0.352 e. The van der Waals surface area contributed by atoms with Crippen molar-refractivity contribution in [3.05, 3.63) is 63.6 Å². The van der Waals surface area contributed by atoms with E-state index in [9.17, 15) is 18.0 Å². The molecule has 0 radical (unpaired) electrons. The van der Waals surface area contributed by atoms with E-state index in [0.29, 0.717) is 21.3 Å². The molecule has 10 heteroatoms. The van der Waals surface area contributed by atoms with Crippen molar-refractivity contribution in [2.45, 2.75) is 65.6 Å². The molecule has 198 valence electrons. The Morgan fingerprint density at radius 1 is 1.06 bits per heavy atom. The highest BCUT2D eigenvalue weighted by Gasteiger charge is 2.28. The predicted octanol–water partition coefficient (Wildman–Crippen LogP) is 5.18. The Hall–Kier alpha value is -2.29. The molecule has 2 rings (SSSR count). The molecule has 0 heterocycles. The summed E-state index contributed by atoms with van der Waals surface area (Å²) in [5, 5.41) is 3.72. The maximum absolute atomic E-state index is 13.4. The Bertz CT molecular complexity index is 1150. The summed E-state index contributed by atoms with van der Waals surface area (Å²) in [6.07, 6.45) is 2.21. The van der Waals surface area contributed by atoms with E-state index < -0.39 is 16.1 Å². The third kappa shape index (κ3) is 8.39. The van der Waals surface area contributed by atoms with E-state index in [1.165, 1.54) is 9.21 Å². The summed E-state index contributed by atoms with van der Waals surface area (Å²) < 4.78 is 26.2. The first-order valence-electron chi connectivity index (χ1n) is 11.9. The molecule has 2 aromatic carbocycles. The average molecular weight is 557 g/mol. The molecule has 0 saturated heterocycles. The molecule has 0 aromatic heterocycles. The molecule has 2 aromatic rings. The minimum atomic E-state index is -3.55. The highest BCUT2D eigenvalue weighted by atomic mass is 35.5. The molecule has 7 nitrogen and oxygen atoms in total. The fourth-order valence-corrected chi connectivity index (χ4v) is 5.16. The van der Waals surface area contributed by atoms with Gasteiger partial charge in [0.25, 0.3) is 0 Å². The Labute approximate surface area is 224 Å². The third-order valence-corrected chi connectivity index (χ3v) is 7.90. The first-order valence-corrected chi connectivity index (χ1v) is 14.5. The largest absolute Gasteiger partial charge is 0.352 e. The molecule has 2 atom stereocenters. The molecule has 1 N–H and O–H groups in total. The van der Waals surface area contributed by atoms with Crippen molar-refractivity contribution >= 4 is 50.7 Å². The van der Waals surface area contributed by atoms with Crippen LogP contribution in [-0.2, 0) is 26.2 Å². The van der Waals surface area contributed by atoms with E-state index in [4.69, 9.17) is 23.2 Å².